The SMILES string of the molecule is C1CSC[C@H](NC[C@H]([C@@H]2CCOC2)N2CCOCC2)C1. The van der Waals surface area contributed by atoms with E-state index in [2.05, 4.69) is 22.0 Å². The van der Waals surface area contributed by atoms with Gasteiger partial charge in [0.15, 0.2) is 0 Å². The minimum atomic E-state index is 0.633. The molecule has 116 valence electrons. The van der Waals surface area contributed by atoms with Crippen LogP contribution in [0.4, 0.5) is 0 Å². The second-order valence-corrected chi connectivity index (χ2v) is 7.31. The molecule has 0 amide bonds. The van der Waals surface area contributed by atoms with Gasteiger partial charge in [0.1, 0.15) is 0 Å². The Morgan fingerprint density at radius 2 is 2.05 bits per heavy atom. The Bertz CT molecular complexity index is 275. The molecular weight excluding hydrogens is 272 g/mol. The van der Waals surface area contributed by atoms with Crippen molar-refractivity contribution in [3.05, 3.63) is 0 Å². The van der Waals surface area contributed by atoms with Crippen molar-refractivity contribution in [2.45, 2.75) is 31.3 Å². The molecule has 0 bridgehead atoms. The van der Waals surface area contributed by atoms with Crippen LogP contribution in [-0.4, -0.2) is 74.6 Å². The van der Waals surface area contributed by atoms with Gasteiger partial charge >= 0.3 is 0 Å². The summed E-state index contributed by atoms with van der Waals surface area (Å²) in [5.41, 5.74) is 0. The highest BCUT2D eigenvalue weighted by Gasteiger charge is 2.31. The zero-order chi connectivity index (χ0) is 13.6. The van der Waals surface area contributed by atoms with Gasteiger partial charge in [0.2, 0.25) is 0 Å². The summed E-state index contributed by atoms with van der Waals surface area (Å²) in [6.45, 7) is 6.98. The highest BCUT2D eigenvalue weighted by molar-refractivity contribution is 7.99. The smallest absolute Gasteiger partial charge is 0.0594 e. The lowest BCUT2D eigenvalue weighted by molar-refractivity contribution is 0.000894. The Morgan fingerprint density at radius 3 is 2.75 bits per heavy atom. The molecule has 0 unspecified atom stereocenters. The van der Waals surface area contributed by atoms with Gasteiger partial charge in [-0.3, -0.25) is 4.90 Å². The van der Waals surface area contributed by atoms with Gasteiger partial charge in [0, 0.05) is 50.0 Å². The molecule has 0 saturated carbocycles. The van der Waals surface area contributed by atoms with Crippen molar-refractivity contribution in [2.75, 3.05) is 57.6 Å². The first-order valence-electron chi connectivity index (χ1n) is 8.14. The average Bonchev–Trinajstić information content (AvgIpc) is 3.04. The summed E-state index contributed by atoms with van der Waals surface area (Å²) in [6, 6.07) is 1.35. The zero-order valence-electron chi connectivity index (χ0n) is 12.4. The molecule has 0 aromatic rings. The van der Waals surface area contributed by atoms with E-state index in [-0.39, 0.29) is 0 Å². The van der Waals surface area contributed by atoms with Crippen molar-refractivity contribution in [1.82, 2.24) is 10.2 Å². The summed E-state index contributed by atoms with van der Waals surface area (Å²) in [4.78, 5) is 2.63. The van der Waals surface area contributed by atoms with Gasteiger partial charge in [0.05, 0.1) is 19.8 Å². The molecule has 0 spiro atoms. The largest absolute Gasteiger partial charge is 0.381 e. The fourth-order valence-electron chi connectivity index (χ4n) is 3.55. The number of nitrogens with zero attached hydrogens (tertiary/aromatic N) is 1. The molecule has 3 aliphatic rings. The Morgan fingerprint density at radius 1 is 1.15 bits per heavy atom. The van der Waals surface area contributed by atoms with Gasteiger partial charge in [0.25, 0.3) is 0 Å². The zero-order valence-corrected chi connectivity index (χ0v) is 13.2. The van der Waals surface area contributed by atoms with E-state index in [0.717, 1.165) is 52.1 Å². The lowest BCUT2D eigenvalue weighted by Crippen LogP contribution is -2.53. The molecule has 3 fully saturated rings. The van der Waals surface area contributed by atoms with E-state index >= 15 is 0 Å². The average molecular weight is 300 g/mol. The van der Waals surface area contributed by atoms with Crippen molar-refractivity contribution in [1.29, 1.82) is 0 Å². The van der Waals surface area contributed by atoms with E-state index in [1.807, 2.05) is 0 Å². The Hall–Kier alpha value is 0.190. The van der Waals surface area contributed by atoms with Gasteiger partial charge < -0.3 is 14.8 Å². The van der Waals surface area contributed by atoms with E-state index in [4.69, 9.17) is 9.47 Å². The van der Waals surface area contributed by atoms with Crippen molar-refractivity contribution in [3.63, 3.8) is 0 Å². The molecule has 5 heteroatoms. The van der Waals surface area contributed by atoms with Crippen LogP contribution in [-0.2, 0) is 9.47 Å². The van der Waals surface area contributed by atoms with E-state index in [1.165, 1.54) is 30.8 Å². The third-order valence-corrected chi connectivity index (χ3v) is 6.02. The van der Waals surface area contributed by atoms with Crippen LogP contribution >= 0.6 is 11.8 Å². The lowest BCUT2D eigenvalue weighted by Gasteiger charge is -2.38. The molecular formula is C15H28N2O2S. The molecule has 4 nitrogen and oxygen atoms in total. The second-order valence-electron chi connectivity index (χ2n) is 6.16. The van der Waals surface area contributed by atoms with E-state index in [0.29, 0.717) is 12.0 Å². The molecule has 3 aliphatic heterocycles. The molecule has 3 atom stereocenters. The van der Waals surface area contributed by atoms with Crippen LogP contribution in [0.5, 0.6) is 0 Å². The van der Waals surface area contributed by atoms with Crippen LogP contribution in [0.3, 0.4) is 0 Å². The highest BCUT2D eigenvalue weighted by atomic mass is 32.2. The summed E-state index contributed by atoms with van der Waals surface area (Å²) in [5.74, 6) is 3.34. The monoisotopic (exact) mass is 300 g/mol. The van der Waals surface area contributed by atoms with Crippen molar-refractivity contribution < 1.29 is 9.47 Å². The normalized spacial score (nSPS) is 34.2. The minimum absolute atomic E-state index is 0.633. The minimum Gasteiger partial charge on any atom is -0.381 e. The summed E-state index contributed by atoms with van der Waals surface area (Å²) in [7, 11) is 0. The molecule has 0 aromatic heterocycles. The number of thioether (sulfide) groups is 1. The van der Waals surface area contributed by atoms with Crippen LogP contribution < -0.4 is 5.32 Å². The second kappa shape index (κ2) is 7.99. The van der Waals surface area contributed by atoms with Crippen LogP contribution in [0.1, 0.15) is 19.3 Å². The summed E-state index contributed by atoms with van der Waals surface area (Å²) in [6.07, 6.45) is 3.95. The van der Waals surface area contributed by atoms with Crippen LogP contribution in [0.2, 0.25) is 0 Å². The molecule has 0 radical (unpaired) electrons. The Labute approximate surface area is 126 Å². The fourth-order valence-corrected chi connectivity index (χ4v) is 4.65. The number of hydrogen-bond donors (Lipinski definition) is 1. The van der Waals surface area contributed by atoms with Crippen LogP contribution in [0, 0.1) is 5.92 Å². The molecule has 3 rings (SSSR count). The van der Waals surface area contributed by atoms with Crippen molar-refractivity contribution >= 4 is 11.8 Å². The number of nitrogens with one attached hydrogen (secondary N) is 1. The van der Waals surface area contributed by atoms with Crippen LogP contribution in [0.25, 0.3) is 0 Å². The Balaban J connectivity index is 1.53. The van der Waals surface area contributed by atoms with Gasteiger partial charge in [-0.1, -0.05) is 0 Å². The topological polar surface area (TPSA) is 33.7 Å². The summed E-state index contributed by atoms with van der Waals surface area (Å²) >= 11 is 2.10. The first-order chi connectivity index (χ1) is 9.93. The first kappa shape index (κ1) is 15.1. The maximum absolute atomic E-state index is 5.63. The quantitative estimate of drug-likeness (QED) is 0.825. The number of hydrogen-bond acceptors (Lipinski definition) is 5. The van der Waals surface area contributed by atoms with Crippen molar-refractivity contribution in [3.8, 4) is 0 Å². The van der Waals surface area contributed by atoms with Gasteiger partial charge in [-0.15, -0.1) is 0 Å². The standard InChI is InChI=1S/C15H28N2O2S/c1-2-14(12-20-9-1)16-10-15(13-3-6-19-11-13)17-4-7-18-8-5-17/h13-16H,1-12H2/t13-,14-,15-/m1/s1. The van der Waals surface area contributed by atoms with Gasteiger partial charge in [-0.2, -0.15) is 11.8 Å². The first-order valence-corrected chi connectivity index (χ1v) is 9.29. The predicted octanol–water partition coefficient (Wildman–Crippen LogP) is 1.21. The highest BCUT2D eigenvalue weighted by Crippen LogP contribution is 2.23. The maximum atomic E-state index is 5.63. The van der Waals surface area contributed by atoms with Crippen LogP contribution in [0.15, 0.2) is 0 Å². The molecule has 0 aromatic carbocycles. The number of rotatable bonds is 5. The molecule has 3 saturated heterocycles. The van der Waals surface area contributed by atoms with Gasteiger partial charge in [-0.25, -0.2) is 0 Å². The van der Waals surface area contributed by atoms with E-state index in [1.54, 1.807) is 0 Å². The lowest BCUT2D eigenvalue weighted by atomic mass is 9.96. The van der Waals surface area contributed by atoms with E-state index < -0.39 is 0 Å². The van der Waals surface area contributed by atoms with E-state index in [9.17, 15) is 0 Å². The Kier molecular flexibility index (Phi) is 6.03. The summed E-state index contributed by atoms with van der Waals surface area (Å²) in [5, 5.41) is 3.84. The molecule has 20 heavy (non-hydrogen) atoms. The summed E-state index contributed by atoms with van der Waals surface area (Å²) < 4.78 is 11.1. The molecule has 0 aliphatic carbocycles. The number of ether oxygens (including phenoxy) is 2. The molecule has 1 N–H and O–H groups in total. The van der Waals surface area contributed by atoms with Gasteiger partial charge in [-0.05, 0) is 25.0 Å². The van der Waals surface area contributed by atoms with Crippen molar-refractivity contribution in [2.24, 2.45) is 5.92 Å². The predicted molar refractivity (Wildman–Crippen MR) is 83.5 cm³/mol. The third-order valence-electron chi connectivity index (χ3n) is 4.80. The third kappa shape index (κ3) is 4.10. The maximum Gasteiger partial charge on any atom is 0.0594 e. The fraction of sp³-hybridized carbons (Fsp3) is 1.00. The number of morpholine rings is 1. The molecule has 3 heterocycles.